The molecule has 5 aromatic rings. The molecule has 1 N–H and O–H groups in total. The van der Waals surface area contributed by atoms with Crippen molar-refractivity contribution in [2.24, 2.45) is 0 Å². The summed E-state index contributed by atoms with van der Waals surface area (Å²) in [7, 11) is 1.35. The lowest BCUT2D eigenvalue weighted by atomic mass is 10.1. The van der Waals surface area contributed by atoms with Crippen LogP contribution in [0.5, 0.6) is 0 Å². The minimum atomic E-state index is -0.385. The highest BCUT2D eigenvalue weighted by Crippen LogP contribution is 2.31. The number of anilines is 1. The predicted molar refractivity (Wildman–Crippen MR) is 134 cm³/mol. The molecule has 8 heteroatoms. The zero-order valence-electron chi connectivity index (χ0n) is 17.9. The first-order valence-electron chi connectivity index (χ1n) is 10.3. The normalized spacial score (nSPS) is 10.9. The number of thiophene rings is 1. The minimum Gasteiger partial charge on any atom is -0.465 e. The van der Waals surface area contributed by atoms with Crippen molar-refractivity contribution >= 4 is 50.6 Å². The minimum absolute atomic E-state index is 0.301. The van der Waals surface area contributed by atoms with Crippen LogP contribution in [0.2, 0.25) is 5.02 Å². The van der Waals surface area contributed by atoms with Gasteiger partial charge < -0.3 is 14.5 Å². The monoisotopic (exact) mass is 488 g/mol. The third kappa shape index (κ3) is 4.31. The van der Waals surface area contributed by atoms with E-state index in [4.69, 9.17) is 20.8 Å². The van der Waals surface area contributed by atoms with Crippen LogP contribution < -0.4 is 5.32 Å². The largest absolute Gasteiger partial charge is 0.465 e. The van der Waals surface area contributed by atoms with Crippen LogP contribution in [0.15, 0.2) is 83.4 Å². The number of carbonyl (C=O) groups is 2. The van der Waals surface area contributed by atoms with Gasteiger partial charge in [-0.15, -0.1) is 11.3 Å². The van der Waals surface area contributed by atoms with Gasteiger partial charge in [-0.1, -0.05) is 23.7 Å². The Morgan fingerprint density at radius 1 is 1.03 bits per heavy atom. The second-order valence-electron chi connectivity index (χ2n) is 7.39. The number of oxazole rings is 1. The van der Waals surface area contributed by atoms with Gasteiger partial charge in [0.2, 0.25) is 5.89 Å². The SMILES string of the molecule is COC(=O)c1cc2cc(NC(=O)c3ccccc3-c3ncc(-c4ccc(Cl)cc4)o3)ccc2s1. The Kier molecular flexibility index (Phi) is 5.88. The maximum Gasteiger partial charge on any atom is 0.348 e. The van der Waals surface area contributed by atoms with Crippen molar-refractivity contribution < 1.29 is 18.7 Å². The van der Waals surface area contributed by atoms with Gasteiger partial charge in [-0.3, -0.25) is 4.79 Å². The Balaban J connectivity index is 1.42. The molecule has 2 heterocycles. The molecule has 0 bridgehead atoms. The van der Waals surface area contributed by atoms with Crippen molar-refractivity contribution in [1.82, 2.24) is 4.98 Å². The molecule has 0 aliphatic heterocycles. The van der Waals surface area contributed by atoms with Crippen molar-refractivity contribution in [3.63, 3.8) is 0 Å². The highest BCUT2D eigenvalue weighted by atomic mass is 35.5. The molecule has 0 saturated carbocycles. The Hall–Kier alpha value is -3.94. The average molecular weight is 489 g/mol. The van der Waals surface area contributed by atoms with Crippen LogP contribution in [-0.2, 0) is 4.74 Å². The van der Waals surface area contributed by atoms with Crippen LogP contribution >= 0.6 is 22.9 Å². The number of nitrogens with zero attached hydrogens (tertiary/aromatic N) is 1. The van der Waals surface area contributed by atoms with Gasteiger partial charge in [-0.2, -0.15) is 0 Å². The molecule has 0 unspecified atom stereocenters. The Morgan fingerprint density at radius 3 is 2.62 bits per heavy atom. The van der Waals surface area contributed by atoms with Crippen LogP contribution in [0, 0.1) is 0 Å². The molecule has 5 rings (SSSR count). The topological polar surface area (TPSA) is 81.4 Å². The van der Waals surface area contributed by atoms with Crippen LogP contribution in [0.1, 0.15) is 20.0 Å². The number of hydrogen-bond donors (Lipinski definition) is 1. The standard InChI is InChI=1S/C26H17ClN2O4S/c1-32-26(31)23-13-16-12-18(10-11-22(16)34-23)29-24(30)19-4-2-3-5-20(19)25-28-14-21(33-25)15-6-8-17(27)9-7-15/h2-14H,1H3,(H,29,30). The van der Waals surface area contributed by atoms with Gasteiger partial charge in [-0.25, -0.2) is 9.78 Å². The number of aromatic nitrogens is 1. The smallest absolute Gasteiger partial charge is 0.348 e. The number of ether oxygens (including phenoxy) is 1. The molecule has 0 radical (unpaired) electrons. The second-order valence-corrected chi connectivity index (χ2v) is 8.91. The van der Waals surface area contributed by atoms with Gasteiger partial charge >= 0.3 is 5.97 Å². The van der Waals surface area contributed by atoms with Crippen molar-refractivity contribution in [1.29, 1.82) is 0 Å². The van der Waals surface area contributed by atoms with E-state index in [0.29, 0.717) is 38.4 Å². The summed E-state index contributed by atoms with van der Waals surface area (Å²) in [5.74, 6) is 0.229. The Bertz CT molecular complexity index is 1520. The van der Waals surface area contributed by atoms with E-state index in [1.807, 2.05) is 30.3 Å². The van der Waals surface area contributed by atoms with Crippen LogP contribution in [-0.4, -0.2) is 24.0 Å². The number of halogens is 1. The van der Waals surface area contributed by atoms with E-state index >= 15 is 0 Å². The number of esters is 1. The molecule has 1 amide bonds. The molecule has 0 saturated heterocycles. The predicted octanol–water partition coefficient (Wildman–Crippen LogP) is 6.92. The molecule has 0 aliphatic rings. The van der Waals surface area contributed by atoms with Crippen molar-refractivity contribution in [2.75, 3.05) is 12.4 Å². The number of carbonyl (C=O) groups excluding carboxylic acids is 2. The van der Waals surface area contributed by atoms with Gasteiger partial charge in [0.25, 0.3) is 5.91 Å². The van der Waals surface area contributed by atoms with E-state index in [9.17, 15) is 9.59 Å². The number of nitrogens with one attached hydrogen (secondary N) is 1. The molecule has 0 atom stereocenters. The number of methoxy groups -OCH3 is 1. The molecule has 6 nitrogen and oxygen atoms in total. The van der Waals surface area contributed by atoms with Crippen molar-refractivity contribution in [3.8, 4) is 22.8 Å². The number of hydrogen-bond acceptors (Lipinski definition) is 6. The Labute approximate surface area is 203 Å². The molecule has 168 valence electrons. The molecule has 0 fully saturated rings. The van der Waals surface area contributed by atoms with E-state index in [2.05, 4.69) is 10.3 Å². The van der Waals surface area contributed by atoms with Crippen LogP contribution in [0.25, 0.3) is 32.9 Å². The molecular formula is C26H17ClN2O4S. The van der Waals surface area contributed by atoms with E-state index < -0.39 is 0 Å². The highest BCUT2D eigenvalue weighted by Gasteiger charge is 2.18. The highest BCUT2D eigenvalue weighted by molar-refractivity contribution is 7.20. The van der Waals surface area contributed by atoms with E-state index in [0.717, 1.165) is 15.6 Å². The molecular weight excluding hydrogens is 472 g/mol. The summed E-state index contributed by atoms with van der Waals surface area (Å²) < 4.78 is 11.7. The van der Waals surface area contributed by atoms with Gasteiger partial charge in [0.15, 0.2) is 5.76 Å². The van der Waals surface area contributed by atoms with E-state index in [1.165, 1.54) is 18.4 Å². The third-order valence-electron chi connectivity index (χ3n) is 5.20. The summed E-state index contributed by atoms with van der Waals surface area (Å²) in [6, 6.07) is 21.6. The van der Waals surface area contributed by atoms with Crippen LogP contribution in [0.4, 0.5) is 5.69 Å². The zero-order valence-corrected chi connectivity index (χ0v) is 19.4. The molecule has 34 heavy (non-hydrogen) atoms. The summed E-state index contributed by atoms with van der Waals surface area (Å²) in [5, 5.41) is 4.40. The first-order chi connectivity index (χ1) is 16.5. The first kappa shape index (κ1) is 21.9. The van der Waals surface area contributed by atoms with Gasteiger partial charge in [0.1, 0.15) is 4.88 Å². The third-order valence-corrected chi connectivity index (χ3v) is 6.55. The first-order valence-corrected chi connectivity index (χ1v) is 11.5. The van der Waals surface area contributed by atoms with E-state index in [1.54, 1.807) is 48.7 Å². The summed E-state index contributed by atoms with van der Waals surface area (Å²) >= 11 is 7.31. The fourth-order valence-electron chi connectivity index (χ4n) is 3.53. The fourth-order valence-corrected chi connectivity index (χ4v) is 4.62. The van der Waals surface area contributed by atoms with E-state index in [-0.39, 0.29) is 11.9 Å². The lowest BCUT2D eigenvalue weighted by Gasteiger charge is -2.08. The zero-order chi connectivity index (χ0) is 23.7. The molecule has 3 aromatic carbocycles. The second kappa shape index (κ2) is 9.13. The van der Waals surface area contributed by atoms with Crippen LogP contribution in [0.3, 0.4) is 0 Å². The van der Waals surface area contributed by atoms with Crippen molar-refractivity contribution in [2.45, 2.75) is 0 Å². The van der Waals surface area contributed by atoms with Gasteiger partial charge in [0, 0.05) is 26.5 Å². The quantitative estimate of drug-likeness (QED) is 0.272. The number of rotatable bonds is 5. The number of benzene rings is 3. The lowest BCUT2D eigenvalue weighted by Crippen LogP contribution is -2.13. The maximum atomic E-state index is 13.2. The van der Waals surface area contributed by atoms with Crippen molar-refractivity contribution in [3.05, 3.63) is 94.5 Å². The summed E-state index contributed by atoms with van der Waals surface area (Å²) in [6.07, 6.45) is 1.62. The maximum absolute atomic E-state index is 13.2. The summed E-state index contributed by atoms with van der Waals surface area (Å²) in [5.41, 5.74) is 2.44. The molecule has 0 aliphatic carbocycles. The fraction of sp³-hybridized carbons (Fsp3) is 0.0385. The Morgan fingerprint density at radius 2 is 1.82 bits per heavy atom. The number of amides is 1. The number of fused-ring (bicyclic) bond motifs is 1. The summed E-state index contributed by atoms with van der Waals surface area (Å²) in [6.45, 7) is 0. The average Bonchev–Trinajstić information content (AvgIpc) is 3.51. The summed E-state index contributed by atoms with van der Waals surface area (Å²) in [4.78, 5) is 29.8. The lowest BCUT2D eigenvalue weighted by molar-refractivity contribution is 0.0606. The molecule has 2 aromatic heterocycles. The molecule has 0 spiro atoms. The van der Waals surface area contributed by atoms with Gasteiger partial charge in [0.05, 0.1) is 18.9 Å². The van der Waals surface area contributed by atoms with Gasteiger partial charge in [-0.05, 0) is 66.0 Å².